The van der Waals surface area contributed by atoms with Crippen LogP contribution in [-0.4, -0.2) is 91.2 Å². The number of ether oxygens (including phenoxy) is 1. The Bertz CT molecular complexity index is 1310. The number of piperazine rings is 1. The number of nitrogens with one attached hydrogen (secondary N) is 1. The Balaban J connectivity index is 1.46. The van der Waals surface area contributed by atoms with Crippen molar-refractivity contribution in [2.75, 3.05) is 51.3 Å². The number of carbonyl (C=O) groups excluding carboxylic acids is 2. The first kappa shape index (κ1) is 31.1. The van der Waals surface area contributed by atoms with Crippen LogP contribution in [0.2, 0.25) is 0 Å². The Hall–Kier alpha value is -3.34. The number of nitrogens with zero attached hydrogens (tertiary/aromatic N) is 4. The Morgan fingerprint density at radius 2 is 1.79 bits per heavy atom. The van der Waals surface area contributed by atoms with Gasteiger partial charge in [-0.15, -0.1) is 0 Å². The predicted octanol–water partition coefficient (Wildman–Crippen LogP) is 5.13. The standard InChI is InChI=1S/C32H42F3N5O3/c1-4-23-21-39(30(42)31(32(33,34)35)15-8-9-16-31)18-19-40(23)26-13-12-25(24-10-6-7-11-27(24)43-5-2)37-28(26)29(41)36-22-14-17-38(3)20-22/h6-7,10-13,22-23H,4-5,8-9,14-21H2,1-3H3,(H,36,41)/t22-,23-/m1/s1. The molecule has 5 rings (SSSR count). The van der Waals surface area contributed by atoms with Crippen LogP contribution in [0.5, 0.6) is 5.75 Å². The molecule has 0 spiro atoms. The number of anilines is 1. The minimum atomic E-state index is -4.57. The fourth-order valence-corrected chi connectivity index (χ4v) is 6.87. The van der Waals surface area contributed by atoms with Crippen molar-refractivity contribution >= 4 is 17.5 Å². The molecule has 2 saturated heterocycles. The van der Waals surface area contributed by atoms with Crippen LogP contribution in [0.3, 0.4) is 0 Å². The second-order valence-corrected chi connectivity index (χ2v) is 12.0. The Kier molecular flexibility index (Phi) is 9.20. The normalized spacial score (nSPS) is 22.6. The number of benzene rings is 1. The van der Waals surface area contributed by atoms with Crippen molar-refractivity contribution in [2.24, 2.45) is 5.41 Å². The van der Waals surface area contributed by atoms with E-state index in [0.29, 0.717) is 49.5 Å². The molecule has 2 aliphatic heterocycles. The summed E-state index contributed by atoms with van der Waals surface area (Å²) in [6.45, 7) is 6.59. The lowest BCUT2D eigenvalue weighted by molar-refractivity contribution is -0.226. The average Bonchev–Trinajstić information content (AvgIpc) is 3.66. The van der Waals surface area contributed by atoms with E-state index in [2.05, 4.69) is 10.2 Å². The van der Waals surface area contributed by atoms with E-state index >= 15 is 0 Å². The first-order chi connectivity index (χ1) is 20.6. The number of hydrogen-bond acceptors (Lipinski definition) is 6. The monoisotopic (exact) mass is 601 g/mol. The highest BCUT2D eigenvalue weighted by atomic mass is 19.4. The maximum absolute atomic E-state index is 14.2. The molecular formula is C32H42F3N5O3. The summed E-state index contributed by atoms with van der Waals surface area (Å²) >= 11 is 0. The van der Waals surface area contributed by atoms with Crippen LogP contribution < -0.4 is 15.0 Å². The lowest BCUT2D eigenvalue weighted by atomic mass is 9.83. The molecule has 8 nitrogen and oxygen atoms in total. The maximum atomic E-state index is 14.2. The van der Waals surface area contributed by atoms with Crippen molar-refractivity contribution in [3.05, 3.63) is 42.1 Å². The van der Waals surface area contributed by atoms with Crippen LogP contribution >= 0.6 is 0 Å². The number of likely N-dealkylation sites (tertiary alicyclic amines) is 1. The van der Waals surface area contributed by atoms with Crippen LogP contribution in [0.1, 0.15) is 62.9 Å². The molecule has 3 heterocycles. The minimum absolute atomic E-state index is 0.00655. The van der Waals surface area contributed by atoms with E-state index in [1.807, 2.05) is 62.2 Å². The van der Waals surface area contributed by atoms with Gasteiger partial charge in [-0.1, -0.05) is 31.9 Å². The molecule has 3 fully saturated rings. The molecule has 2 amide bonds. The van der Waals surface area contributed by atoms with Gasteiger partial charge < -0.3 is 24.8 Å². The summed E-state index contributed by atoms with van der Waals surface area (Å²) in [4.78, 5) is 37.7. The minimum Gasteiger partial charge on any atom is -0.493 e. The van der Waals surface area contributed by atoms with Crippen LogP contribution in [0.15, 0.2) is 36.4 Å². The van der Waals surface area contributed by atoms with Crippen molar-refractivity contribution in [3.8, 4) is 17.0 Å². The molecule has 1 aromatic heterocycles. The third kappa shape index (κ3) is 6.18. The number of pyridine rings is 1. The fourth-order valence-electron chi connectivity index (χ4n) is 6.87. The number of hydrogen-bond donors (Lipinski definition) is 1. The largest absolute Gasteiger partial charge is 0.493 e. The molecule has 3 aliphatic rings. The zero-order chi connectivity index (χ0) is 30.8. The Morgan fingerprint density at radius 3 is 2.44 bits per heavy atom. The molecule has 0 bridgehead atoms. The highest BCUT2D eigenvalue weighted by molar-refractivity contribution is 5.99. The number of amides is 2. The number of likely N-dealkylation sites (N-methyl/N-ethyl adjacent to an activating group) is 1. The van der Waals surface area contributed by atoms with Crippen LogP contribution in [0, 0.1) is 5.41 Å². The summed E-state index contributed by atoms with van der Waals surface area (Å²) in [7, 11) is 2.02. The number of alkyl halides is 3. The van der Waals surface area contributed by atoms with E-state index in [9.17, 15) is 22.8 Å². The first-order valence-corrected chi connectivity index (χ1v) is 15.4. The van der Waals surface area contributed by atoms with Crippen molar-refractivity contribution in [3.63, 3.8) is 0 Å². The Labute approximate surface area is 251 Å². The summed E-state index contributed by atoms with van der Waals surface area (Å²) in [6.07, 6.45) is -2.64. The van der Waals surface area contributed by atoms with Gasteiger partial charge in [0.1, 0.15) is 11.2 Å². The molecule has 234 valence electrons. The maximum Gasteiger partial charge on any atom is 0.403 e. The zero-order valence-corrected chi connectivity index (χ0v) is 25.3. The van der Waals surface area contributed by atoms with Crippen LogP contribution in [-0.2, 0) is 4.79 Å². The van der Waals surface area contributed by atoms with Crippen molar-refractivity contribution in [2.45, 2.75) is 70.6 Å². The van der Waals surface area contributed by atoms with E-state index in [1.54, 1.807) is 0 Å². The van der Waals surface area contributed by atoms with Gasteiger partial charge in [-0.25, -0.2) is 4.98 Å². The average molecular weight is 602 g/mol. The van der Waals surface area contributed by atoms with Crippen molar-refractivity contribution < 1.29 is 27.5 Å². The number of carbonyl (C=O) groups is 2. The molecule has 1 aromatic carbocycles. The summed E-state index contributed by atoms with van der Waals surface area (Å²) in [5.41, 5.74) is -0.0471. The SMILES string of the molecule is CCOc1ccccc1-c1ccc(N2CCN(C(=O)C3(C(F)(F)F)CCCC3)C[C@H]2CC)c(C(=O)N[C@@H]2CCN(C)C2)n1. The van der Waals surface area contributed by atoms with Gasteiger partial charge in [0.25, 0.3) is 5.91 Å². The van der Waals surface area contributed by atoms with Crippen LogP contribution in [0.25, 0.3) is 11.3 Å². The predicted molar refractivity (Wildman–Crippen MR) is 159 cm³/mol. The molecule has 0 radical (unpaired) electrons. The van der Waals surface area contributed by atoms with Gasteiger partial charge in [-0.05, 0) is 70.5 Å². The molecule has 43 heavy (non-hydrogen) atoms. The second-order valence-electron chi connectivity index (χ2n) is 12.0. The van der Waals surface area contributed by atoms with Gasteiger partial charge in [0.15, 0.2) is 5.69 Å². The summed E-state index contributed by atoms with van der Waals surface area (Å²) in [6, 6.07) is 11.0. The molecule has 2 aromatic rings. The zero-order valence-electron chi connectivity index (χ0n) is 25.3. The van der Waals surface area contributed by atoms with Gasteiger partial charge >= 0.3 is 6.18 Å². The lowest BCUT2D eigenvalue weighted by Crippen LogP contribution is -2.60. The molecule has 0 unspecified atom stereocenters. The van der Waals surface area contributed by atoms with E-state index in [0.717, 1.165) is 25.1 Å². The van der Waals surface area contributed by atoms with Gasteiger partial charge in [0.2, 0.25) is 5.91 Å². The molecule has 1 N–H and O–H groups in total. The number of para-hydroxylation sites is 1. The highest BCUT2D eigenvalue weighted by Gasteiger charge is 2.62. The van der Waals surface area contributed by atoms with Crippen LogP contribution in [0.4, 0.5) is 18.9 Å². The highest BCUT2D eigenvalue weighted by Crippen LogP contribution is 2.52. The lowest BCUT2D eigenvalue weighted by Gasteiger charge is -2.45. The number of halogens is 3. The van der Waals surface area contributed by atoms with E-state index in [-0.39, 0.29) is 49.6 Å². The summed E-state index contributed by atoms with van der Waals surface area (Å²) in [5, 5.41) is 3.15. The van der Waals surface area contributed by atoms with E-state index in [1.165, 1.54) is 4.90 Å². The van der Waals surface area contributed by atoms with E-state index < -0.39 is 17.5 Å². The van der Waals surface area contributed by atoms with Crippen molar-refractivity contribution in [1.82, 2.24) is 20.1 Å². The summed E-state index contributed by atoms with van der Waals surface area (Å²) < 4.78 is 48.4. The van der Waals surface area contributed by atoms with Gasteiger partial charge in [-0.2, -0.15) is 13.2 Å². The third-order valence-electron chi connectivity index (χ3n) is 9.24. The van der Waals surface area contributed by atoms with Gasteiger partial charge in [0, 0.05) is 43.8 Å². The van der Waals surface area contributed by atoms with Crippen molar-refractivity contribution in [1.29, 1.82) is 0 Å². The topological polar surface area (TPSA) is 78.0 Å². The fraction of sp³-hybridized carbons (Fsp3) is 0.594. The van der Waals surface area contributed by atoms with Gasteiger partial charge in [-0.3, -0.25) is 9.59 Å². The van der Waals surface area contributed by atoms with E-state index in [4.69, 9.17) is 9.72 Å². The molecule has 11 heteroatoms. The summed E-state index contributed by atoms with van der Waals surface area (Å²) in [5.74, 6) is -0.431. The number of rotatable bonds is 8. The Morgan fingerprint density at radius 1 is 1.05 bits per heavy atom. The third-order valence-corrected chi connectivity index (χ3v) is 9.24. The molecular weight excluding hydrogens is 559 g/mol. The smallest absolute Gasteiger partial charge is 0.403 e. The quantitative estimate of drug-likeness (QED) is 0.452. The molecule has 1 aliphatic carbocycles. The molecule has 1 saturated carbocycles. The number of aromatic nitrogens is 1. The molecule has 2 atom stereocenters. The van der Waals surface area contributed by atoms with Gasteiger partial charge in [0.05, 0.1) is 18.0 Å². The first-order valence-electron chi connectivity index (χ1n) is 15.4. The second kappa shape index (κ2) is 12.7.